The Morgan fingerprint density at radius 1 is 1.19 bits per heavy atom. The molecule has 0 radical (unpaired) electrons. The van der Waals surface area contributed by atoms with Crippen molar-refractivity contribution in [1.29, 1.82) is 0 Å². The first-order valence-electron chi connectivity index (χ1n) is 6.55. The van der Waals surface area contributed by atoms with Crippen LogP contribution in [0.3, 0.4) is 0 Å². The fourth-order valence-corrected chi connectivity index (χ4v) is 2.22. The van der Waals surface area contributed by atoms with E-state index in [1.165, 1.54) is 14.2 Å². The van der Waals surface area contributed by atoms with Crippen LogP contribution in [-0.4, -0.2) is 36.9 Å². The zero-order chi connectivity index (χ0) is 15.5. The van der Waals surface area contributed by atoms with Gasteiger partial charge in [-0.3, -0.25) is 0 Å². The Bertz CT molecular complexity index is 554. The monoisotopic (exact) mass is 294 g/mol. The number of ether oxygens (including phenoxy) is 2. The zero-order valence-electron chi connectivity index (χ0n) is 11.9. The molecule has 7 nitrogen and oxygen atoms in total. The highest BCUT2D eigenvalue weighted by molar-refractivity contribution is 5.94. The molecule has 114 valence electrons. The van der Waals surface area contributed by atoms with E-state index in [0.29, 0.717) is 30.0 Å². The molecule has 21 heavy (non-hydrogen) atoms. The van der Waals surface area contributed by atoms with Gasteiger partial charge in [-0.2, -0.15) is 0 Å². The highest BCUT2D eigenvalue weighted by Crippen LogP contribution is 2.33. The Labute approximate surface area is 122 Å². The van der Waals surface area contributed by atoms with E-state index in [1.807, 2.05) is 0 Å². The molecule has 0 heterocycles. The van der Waals surface area contributed by atoms with Crippen LogP contribution in [0.4, 0.5) is 10.5 Å². The second-order valence-corrected chi connectivity index (χ2v) is 4.89. The lowest BCUT2D eigenvalue weighted by Gasteiger charge is -2.38. The van der Waals surface area contributed by atoms with Crippen molar-refractivity contribution in [3.8, 4) is 11.5 Å². The minimum absolute atomic E-state index is 0.446. The highest BCUT2D eigenvalue weighted by Gasteiger charge is 2.45. The molecule has 0 unspecified atom stereocenters. The molecule has 2 amide bonds. The third-order valence-corrected chi connectivity index (χ3v) is 3.61. The van der Waals surface area contributed by atoms with Crippen LogP contribution in [0.2, 0.25) is 0 Å². The quantitative estimate of drug-likeness (QED) is 0.770. The third kappa shape index (κ3) is 3.01. The van der Waals surface area contributed by atoms with Crippen LogP contribution in [0.1, 0.15) is 19.3 Å². The maximum absolute atomic E-state index is 11.9. The summed E-state index contributed by atoms with van der Waals surface area (Å²) in [5.41, 5.74) is -0.648. The maximum atomic E-state index is 11.9. The molecule has 1 aromatic carbocycles. The minimum Gasteiger partial charge on any atom is -0.493 e. The molecule has 1 aliphatic carbocycles. The molecule has 2 rings (SSSR count). The highest BCUT2D eigenvalue weighted by atomic mass is 16.5. The molecular weight excluding hydrogens is 276 g/mol. The third-order valence-electron chi connectivity index (χ3n) is 3.61. The molecule has 1 saturated carbocycles. The average molecular weight is 294 g/mol. The number of carbonyl (C=O) groups is 2. The lowest BCUT2D eigenvalue weighted by atomic mass is 9.77. The average Bonchev–Trinajstić information content (AvgIpc) is 2.42. The number of carboxylic acids is 1. The molecule has 3 N–H and O–H groups in total. The first kappa shape index (κ1) is 15.0. The molecule has 0 bridgehead atoms. The summed E-state index contributed by atoms with van der Waals surface area (Å²) >= 11 is 0. The van der Waals surface area contributed by atoms with E-state index in [9.17, 15) is 14.7 Å². The first-order valence-corrected chi connectivity index (χ1v) is 6.55. The second kappa shape index (κ2) is 5.90. The number of aliphatic carboxylic acids is 1. The van der Waals surface area contributed by atoms with Crippen molar-refractivity contribution in [2.45, 2.75) is 24.8 Å². The summed E-state index contributed by atoms with van der Waals surface area (Å²) in [6, 6.07) is 4.36. The summed E-state index contributed by atoms with van der Waals surface area (Å²) in [4.78, 5) is 23.1. The fourth-order valence-electron chi connectivity index (χ4n) is 2.22. The maximum Gasteiger partial charge on any atom is 0.329 e. The van der Waals surface area contributed by atoms with E-state index in [1.54, 1.807) is 18.2 Å². The van der Waals surface area contributed by atoms with Crippen LogP contribution < -0.4 is 20.1 Å². The number of nitrogens with one attached hydrogen (secondary N) is 2. The van der Waals surface area contributed by atoms with Crippen molar-refractivity contribution >= 4 is 17.7 Å². The number of hydrogen-bond acceptors (Lipinski definition) is 4. The SMILES string of the molecule is COc1ccc(NC(=O)NC2(C(=O)O)CCC2)cc1OC. The number of urea groups is 1. The Morgan fingerprint density at radius 3 is 2.33 bits per heavy atom. The summed E-state index contributed by atoms with van der Waals surface area (Å²) in [6.45, 7) is 0. The minimum atomic E-state index is -1.14. The van der Waals surface area contributed by atoms with Crippen molar-refractivity contribution in [3.05, 3.63) is 18.2 Å². The Balaban J connectivity index is 2.04. The molecule has 0 aliphatic heterocycles. The van der Waals surface area contributed by atoms with Gasteiger partial charge in [0.15, 0.2) is 11.5 Å². The molecule has 1 aromatic rings. The smallest absolute Gasteiger partial charge is 0.329 e. The van der Waals surface area contributed by atoms with Gasteiger partial charge in [0.2, 0.25) is 0 Å². The van der Waals surface area contributed by atoms with E-state index < -0.39 is 17.5 Å². The molecule has 0 spiro atoms. The fraction of sp³-hybridized carbons (Fsp3) is 0.429. The number of hydrogen-bond donors (Lipinski definition) is 3. The molecule has 0 atom stereocenters. The van der Waals surface area contributed by atoms with E-state index in [4.69, 9.17) is 9.47 Å². The number of benzene rings is 1. The van der Waals surface area contributed by atoms with Gasteiger partial charge in [0.05, 0.1) is 14.2 Å². The molecule has 0 aromatic heterocycles. The number of carboxylic acid groups (broad SMARTS) is 1. The predicted molar refractivity (Wildman–Crippen MR) is 75.9 cm³/mol. The van der Waals surface area contributed by atoms with E-state index >= 15 is 0 Å². The summed E-state index contributed by atoms with van der Waals surface area (Å²) in [6.07, 6.45) is 1.69. The van der Waals surface area contributed by atoms with Gasteiger partial charge in [-0.25, -0.2) is 9.59 Å². The van der Waals surface area contributed by atoms with Gasteiger partial charge in [-0.05, 0) is 31.4 Å². The van der Waals surface area contributed by atoms with Crippen molar-refractivity contribution in [3.63, 3.8) is 0 Å². The van der Waals surface area contributed by atoms with Gasteiger partial charge in [-0.15, -0.1) is 0 Å². The predicted octanol–water partition coefficient (Wildman–Crippen LogP) is 1.83. The van der Waals surface area contributed by atoms with Crippen molar-refractivity contribution in [2.75, 3.05) is 19.5 Å². The van der Waals surface area contributed by atoms with Gasteiger partial charge in [0.1, 0.15) is 5.54 Å². The summed E-state index contributed by atoms with van der Waals surface area (Å²) in [7, 11) is 3.01. The van der Waals surface area contributed by atoms with Crippen LogP contribution in [0.15, 0.2) is 18.2 Å². The summed E-state index contributed by atoms with van der Waals surface area (Å²) < 4.78 is 10.2. The Kier molecular flexibility index (Phi) is 4.21. The molecular formula is C14H18N2O5. The van der Waals surface area contributed by atoms with Gasteiger partial charge in [0.25, 0.3) is 0 Å². The van der Waals surface area contributed by atoms with Crippen LogP contribution >= 0.6 is 0 Å². The van der Waals surface area contributed by atoms with E-state index in [-0.39, 0.29) is 0 Å². The topological polar surface area (TPSA) is 96.9 Å². The number of amides is 2. The molecule has 7 heteroatoms. The van der Waals surface area contributed by atoms with Crippen LogP contribution in [0, 0.1) is 0 Å². The van der Waals surface area contributed by atoms with E-state index in [0.717, 1.165) is 6.42 Å². The number of rotatable bonds is 5. The lowest BCUT2D eigenvalue weighted by molar-refractivity contribution is -0.148. The van der Waals surface area contributed by atoms with E-state index in [2.05, 4.69) is 10.6 Å². The first-order chi connectivity index (χ1) is 10.0. The molecule has 0 saturated heterocycles. The van der Waals surface area contributed by atoms with Crippen LogP contribution in [-0.2, 0) is 4.79 Å². The number of anilines is 1. The number of methoxy groups -OCH3 is 2. The standard InChI is InChI=1S/C14H18N2O5/c1-20-10-5-4-9(8-11(10)21-2)15-13(19)16-14(12(17)18)6-3-7-14/h4-5,8H,3,6-7H2,1-2H3,(H,17,18)(H2,15,16,19). The van der Waals surface area contributed by atoms with Gasteiger partial charge < -0.3 is 25.2 Å². The zero-order valence-corrected chi connectivity index (χ0v) is 11.9. The van der Waals surface area contributed by atoms with Crippen molar-refractivity contribution in [2.24, 2.45) is 0 Å². The Morgan fingerprint density at radius 2 is 1.86 bits per heavy atom. The number of carbonyl (C=O) groups excluding carboxylic acids is 1. The van der Waals surface area contributed by atoms with Gasteiger partial charge in [-0.1, -0.05) is 0 Å². The van der Waals surface area contributed by atoms with Crippen molar-refractivity contribution in [1.82, 2.24) is 5.32 Å². The van der Waals surface area contributed by atoms with Gasteiger partial charge >= 0.3 is 12.0 Å². The normalized spacial score (nSPS) is 15.5. The van der Waals surface area contributed by atoms with Crippen LogP contribution in [0.5, 0.6) is 11.5 Å². The summed E-state index contributed by atoms with van der Waals surface area (Å²) in [5.74, 6) is 0.0209. The molecule has 1 aliphatic rings. The summed E-state index contributed by atoms with van der Waals surface area (Å²) in [5, 5.41) is 14.3. The lowest BCUT2D eigenvalue weighted by Crippen LogP contribution is -2.60. The van der Waals surface area contributed by atoms with Gasteiger partial charge in [0, 0.05) is 11.8 Å². The molecule has 1 fully saturated rings. The Hall–Kier alpha value is -2.44. The second-order valence-electron chi connectivity index (χ2n) is 4.89. The largest absolute Gasteiger partial charge is 0.493 e. The van der Waals surface area contributed by atoms with Crippen molar-refractivity contribution < 1.29 is 24.2 Å². The van der Waals surface area contributed by atoms with Crippen LogP contribution in [0.25, 0.3) is 0 Å².